The minimum atomic E-state index is -0.248. The van der Waals surface area contributed by atoms with E-state index in [0.717, 1.165) is 38.2 Å². The second-order valence-electron chi connectivity index (χ2n) is 7.07. The number of ether oxygens (including phenoxy) is 1. The summed E-state index contributed by atoms with van der Waals surface area (Å²) in [5.74, 6) is 0.303. The van der Waals surface area contributed by atoms with Gasteiger partial charge < -0.3 is 20.7 Å². The highest BCUT2D eigenvalue weighted by Gasteiger charge is 2.21. The highest BCUT2D eigenvalue weighted by Crippen LogP contribution is 2.28. The molecule has 8 heteroatoms. The van der Waals surface area contributed by atoms with Crippen LogP contribution in [0.3, 0.4) is 0 Å². The van der Waals surface area contributed by atoms with Crippen LogP contribution in [0.2, 0.25) is 0 Å². The van der Waals surface area contributed by atoms with Crippen LogP contribution in [0.15, 0.2) is 42.6 Å². The molecule has 1 saturated heterocycles. The van der Waals surface area contributed by atoms with Gasteiger partial charge in [-0.1, -0.05) is 6.07 Å². The average Bonchev–Trinajstić information content (AvgIpc) is 2.71. The highest BCUT2D eigenvalue weighted by atomic mass is 16.5. The summed E-state index contributed by atoms with van der Waals surface area (Å²) in [7, 11) is 1.52. The molecule has 0 atom stereocenters. The number of carbonyl (C=O) groups is 2. The summed E-state index contributed by atoms with van der Waals surface area (Å²) in [5.41, 5.74) is 2.22. The molecule has 0 spiro atoms. The Morgan fingerprint density at radius 1 is 1.17 bits per heavy atom. The van der Waals surface area contributed by atoms with Gasteiger partial charge in [-0.15, -0.1) is 0 Å². The summed E-state index contributed by atoms with van der Waals surface area (Å²) < 4.78 is 5.28. The van der Waals surface area contributed by atoms with Gasteiger partial charge in [-0.2, -0.15) is 0 Å². The standard InChI is InChI=1S/C21H27N5O3/c1-15(27)23-19-7-6-17(13-20(19)29-2)25-21(28)24-16-8-11-26(12-9-16)14-18-5-3-4-10-22-18/h3-7,10,13,16H,8-9,11-12,14H2,1-2H3,(H,23,27)(H2,24,25,28). The molecule has 0 aliphatic carbocycles. The lowest BCUT2D eigenvalue weighted by atomic mass is 10.1. The number of urea groups is 1. The predicted octanol–water partition coefficient (Wildman–Crippen LogP) is 2.83. The minimum Gasteiger partial charge on any atom is -0.494 e. The molecule has 29 heavy (non-hydrogen) atoms. The maximum atomic E-state index is 12.4. The number of hydrogen-bond donors (Lipinski definition) is 3. The third-order valence-electron chi connectivity index (χ3n) is 4.80. The highest BCUT2D eigenvalue weighted by molar-refractivity contribution is 5.93. The molecule has 1 aliphatic rings. The van der Waals surface area contributed by atoms with Gasteiger partial charge in [0.25, 0.3) is 0 Å². The Morgan fingerprint density at radius 2 is 1.97 bits per heavy atom. The van der Waals surface area contributed by atoms with E-state index in [1.54, 1.807) is 18.2 Å². The van der Waals surface area contributed by atoms with Crippen molar-refractivity contribution in [2.24, 2.45) is 0 Å². The molecule has 154 valence electrons. The number of anilines is 2. The molecule has 1 fully saturated rings. The van der Waals surface area contributed by atoms with Gasteiger partial charge in [0, 0.05) is 50.6 Å². The first-order valence-corrected chi connectivity index (χ1v) is 9.69. The predicted molar refractivity (Wildman–Crippen MR) is 112 cm³/mol. The zero-order valence-electron chi connectivity index (χ0n) is 16.8. The van der Waals surface area contributed by atoms with Crippen molar-refractivity contribution in [1.82, 2.24) is 15.2 Å². The van der Waals surface area contributed by atoms with E-state index < -0.39 is 0 Å². The first kappa shape index (κ1) is 20.6. The van der Waals surface area contributed by atoms with Crippen molar-refractivity contribution < 1.29 is 14.3 Å². The molecule has 3 rings (SSSR count). The SMILES string of the molecule is COc1cc(NC(=O)NC2CCN(Cc3ccccn3)CC2)ccc1NC(C)=O. The van der Waals surface area contributed by atoms with E-state index in [-0.39, 0.29) is 18.0 Å². The molecule has 0 radical (unpaired) electrons. The number of amides is 3. The Kier molecular flexibility index (Phi) is 7.02. The van der Waals surface area contributed by atoms with Gasteiger partial charge in [0.1, 0.15) is 5.75 Å². The first-order valence-electron chi connectivity index (χ1n) is 9.69. The van der Waals surface area contributed by atoms with Crippen molar-refractivity contribution in [3.63, 3.8) is 0 Å². The van der Waals surface area contributed by atoms with Gasteiger partial charge in [0.2, 0.25) is 5.91 Å². The van der Waals surface area contributed by atoms with Crippen LogP contribution in [0, 0.1) is 0 Å². The number of hydrogen-bond acceptors (Lipinski definition) is 5. The quantitative estimate of drug-likeness (QED) is 0.697. The van der Waals surface area contributed by atoms with Crippen molar-refractivity contribution in [3.05, 3.63) is 48.3 Å². The fourth-order valence-electron chi connectivity index (χ4n) is 3.37. The summed E-state index contributed by atoms with van der Waals surface area (Å²) >= 11 is 0. The maximum Gasteiger partial charge on any atom is 0.319 e. The zero-order valence-corrected chi connectivity index (χ0v) is 16.8. The van der Waals surface area contributed by atoms with Crippen LogP contribution in [0.1, 0.15) is 25.5 Å². The van der Waals surface area contributed by atoms with Crippen LogP contribution in [0.25, 0.3) is 0 Å². The summed E-state index contributed by atoms with van der Waals surface area (Å²) in [5, 5.41) is 8.55. The van der Waals surface area contributed by atoms with Gasteiger partial charge in [0.05, 0.1) is 18.5 Å². The fraction of sp³-hybridized carbons (Fsp3) is 0.381. The number of methoxy groups -OCH3 is 1. The number of pyridine rings is 1. The number of carbonyl (C=O) groups excluding carboxylic acids is 2. The lowest BCUT2D eigenvalue weighted by Gasteiger charge is -2.32. The van der Waals surface area contributed by atoms with E-state index in [9.17, 15) is 9.59 Å². The lowest BCUT2D eigenvalue weighted by molar-refractivity contribution is -0.114. The van der Waals surface area contributed by atoms with Gasteiger partial charge in [0.15, 0.2) is 0 Å². The second kappa shape index (κ2) is 9.88. The molecule has 8 nitrogen and oxygen atoms in total. The molecule has 2 aromatic rings. The van der Waals surface area contributed by atoms with E-state index in [1.807, 2.05) is 24.4 Å². The third-order valence-corrected chi connectivity index (χ3v) is 4.80. The van der Waals surface area contributed by atoms with E-state index in [1.165, 1.54) is 14.0 Å². The van der Waals surface area contributed by atoms with Crippen molar-refractivity contribution >= 4 is 23.3 Å². The van der Waals surface area contributed by atoms with Crippen LogP contribution < -0.4 is 20.7 Å². The molecule has 1 aromatic heterocycles. The van der Waals surface area contributed by atoms with E-state index in [4.69, 9.17) is 4.74 Å². The molecule has 3 N–H and O–H groups in total. The molecular formula is C21H27N5O3. The van der Waals surface area contributed by atoms with Gasteiger partial charge in [-0.25, -0.2) is 4.79 Å². The first-order chi connectivity index (χ1) is 14.0. The molecule has 3 amide bonds. The largest absolute Gasteiger partial charge is 0.494 e. The summed E-state index contributed by atoms with van der Waals surface area (Å²) in [6, 6.07) is 10.9. The molecule has 1 aromatic carbocycles. The van der Waals surface area contributed by atoms with E-state index in [0.29, 0.717) is 17.1 Å². The number of benzene rings is 1. The Labute approximate surface area is 170 Å². The van der Waals surface area contributed by atoms with Gasteiger partial charge >= 0.3 is 6.03 Å². The van der Waals surface area contributed by atoms with Crippen molar-refractivity contribution in [1.29, 1.82) is 0 Å². The number of aromatic nitrogens is 1. The Hall–Kier alpha value is -3.13. The van der Waals surface area contributed by atoms with Crippen molar-refractivity contribution in [2.45, 2.75) is 32.4 Å². The van der Waals surface area contributed by atoms with E-state index >= 15 is 0 Å². The lowest BCUT2D eigenvalue weighted by Crippen LogP contribution is -2.45. The van der Waals surface area contributed by atoms with E-state index in [2.05, 4.69) is 25.8 Å². The number of nitrogens with one attached hydrogen (secondary N) is 3. The second-order valence-corrected chi connectivity index (χ2v) is 7.07. The third kappa shape index (κ3) is 6.18. The monoisotopic (exact) mass is 397 g/mol. The Morgan fingerprint density at radius 3 is 2.62 bits per heavy atom. The van der Waals surface area contributed by atoms with Crippen LogP contribution in [-0.2, 0) is 11.3 Å². The van der Waals surface area contributed by atoms with Crippen LogP contribution in [-0.4, -0.2) is 48.1 Å². The number of nitrogens with zero attached hydrogens (tertiary/aromatic N) is 2. The van der Waals surface area contributed by atoms with Crippen LogP contribution in [0.4, 0.5) is 16.2 Å². The van der Waals surface area contributed by atoms with Crippen LogP contribution in [0.5, 0.6) is 5.75 Å². The average molecular weight is 397 g/mol. The smallest absolute Gasteiger partial charge is 0.319 e. The van der Waals surface area contributed by atoms with Crippen LogP contribution >= 0.6 is 0 Å². The summed E-state index contributed by atoms with van der Waals surface area (Å²) in [6.45, 7) is 4.10. The minimum absolute atomic E-state index is 0.135. The fourth-order valence-corrected chi connectivity index (χ4v) is 3.37. The molecule has 0 bridgehead atoms. The topological polar surface area (TPSA) is 95.6 Å². The van der Waals surface area contributed by atoms with Crippen molar-refractivity contribution in [3.8, 4) is 5.75 Å². The number of rotatable bonds is 6. The molecule has 0 unspecified atom stereocenters. The molecule has 0 saturated carbocycles. The summed E-state index contributed by atoms with van der Waals surface area (Å²) in [4.78, 5) is 30.3. The normalized spacial score (nSPS) is 14.8. The molecule has 1 aliphatic heterocycles. The van der Waals surface area contributed by atoms with Gasteiger partial charge in [-0.3, -0.25) is 14.7 Å². The van der Waals surface area contributed by atoms with Gasteiger partial charge in [-0.05, 0) is 37.1 Å². The zero-order chi connectivity index (χ0) is 20.6. The Bertz CT molecular complexity index is 835. The maximum absolute atomic E-state index is 12.4. The molecular weight excluding hydrogens is 370 g/mol. The number of likely N-dealkylation sites (tertiary alicyclic amines) is 1. The van der Waals surface area contributed by atoms with Crippen molar-refractivity contribution in [2.75, 3.05) is 30.8 Å². The Balaban J connectivity index is 1.47. The summed E-state index contributed by atoms with van der Waals surface area (Å²) in [6.07, 6.45) is 3.60. The molecule has 2 heterocycles. The number of piperidine rings is 1.